The molecular weight excluding hydrogens is 267 g/mol. The van der Waals surface area contributed by atoms with Crippen LogP contribution in [0.15, 0.2) is 18.2 Å². The molecule has 1 atom stereocenters. The Labute approximate surface area is 119 Å². The van der Waals surface area contributed by atoms with E-state index in [9.17, 15) is 0 Å². The molecule has 1 fully saturated rings. The van der Waals surface area contributed by atoms with Gasteiger partial charge in [-0.25, -0.2) is 0 Å². The summed E-state index contributed by atoms with van der Waals surface area (Å²) < 4.78 is 0. The number of piperazine rings is 1. The molecule has 1 N–H and O–H groups in total. The molecule has 2 nitrogen and oxygen atoms in total. The maximum absolute atomic E-state index is 6.25. The van der Waals surface area contributed by atoms with Crippen molar-refractivity contribution >= 4 is 23.2 Å². The van der Waals surface area contributed by atoms with Gasteiger partial charge in [0.15, 0.2) is 0 Å². The smallest absolute Gasteiger partial charge is 0.0453 e. The predicted molar refractivity (Wildman–Crippen MR) is 78.7 cm³/mol. The van der Waals surface area contributed by atoms with Gasteiger partial charge in [-0.2, -0.15) is 0 Å². The van der Waals surface area contributed by atoms with Crippen LogP contribution in [-0.4, -0.2) is 37.1 Å². The fraction of sp³-hybridized carbons (Fsp3) is 0.571. The zero-order chi connectivity index (χ0) is 13.0. The minimum Gasteiger partial charge on any atom is -0.314 e. The van der Waals surface area contributed by atoms with Crippen molar-refractivity contribution in [3.05, 3.63) is 33.8 Å². The van der Waals surface area contributed by atoms with Crippen LogP contribution < -0.4 is 5.32 Å². The summed E-state index contributed by atoms with van der Waals surface area (Å²) in [4.78, 5) is 2.56. The van der Waals surface area contributed by atoms with E-state index < -0.39 is 0 Å². The summed E-state index contributed by atoms with van der Waals surface area (Å²) in [5, 5.41) is 4.89. The Morgan fingerprint density at radius 3 is 2.61 bits per heavy atom. The van der Waals surface area contributed by atoms with Crippen LogP contribution in [-0.2, 0) is 6.42 Å². The maximum atomic E-state index is 6.25. The molecule has 1 aliphatic rings. The Bertz CT molecular complexity index is 389. The van der Waals surface area contributed by atoms with Crippen molar-refractivity contribution in [3.63, 3.8) is 0 Å². The number of rotatable bonds is 4. The van der Waals surface area contributed by atoms with E-state index in [0.29, 0.717) is 11.1 Å². The fourth-order valence-electron chi connectivity index (χ4n) is 2.52. The lowest BCUT2D eigenvalue weighted by Gasteiger charge is -2.34. The van der Waals surface area contributed by atoms with E-state index in [-0.39, 0.29) is 0 Å². The molecule has 0 aromatic heterocycles. The van der Waals surface area contributed by atoms with Gasteiger partial charge in [-0.05, 0) is 30.5 Å². The van der Waals surface area contributed by atoms with Crippen LogP contribution >= 0.6 is 23.2 Å². The number of nitrogens with one attached hydrogen (secondary N) is 1. The van der Waals surface area contributed by atoms with Crippen LogP contribution in [0.4, 0.5) is 0 Å². The summed E-state index contributed by atoms with van der Waals surface area (Å²) in [5.41, 5.74) is 1.20. The topological polar surface area (TPSA) is 15.3 Å². The van der Waals surface area contributed by atoms with Crippen molar-refractivity contribution in [1.82, 2.24) is 10.2 Å². The molecule has 18 heavy (non-hydrogen) atoms. The van der Waals surface area contributed by atoms with E-state index in [1.807, 2.05) is 12.1 Å². The normalized spacial score (nSPS) is 18.8. The van der Waals surface area contributed by atoms with E-state index in [4.69, 9.17) is 23.2 Å². The second kappa shape index (κ2) is 6.76. The third-order valence-corrected chi connectivity index (χ3v) is 4.20. The Kier molecular flexibility index (Phi) is 5.31. The van der Waals surface area contributed by atoms with Crippen molar-refractivity contribution in [2.24, 2.45) is 0 Å². The number of benzene rings is 1. The standard InChI is InChI=1S/C14H20Cl2N2/c1-2-13(18-7-5-17-6-8-18)9-11-3-4-12(15)10-14(11)16/h3-4,10,13,17H,2,5-9H2,1H3. The van der Waals surface area contributed by atoms with Gasteiger partial charge >= 0.3 is 0 Å². The first kappa shape index (κ1) is 14.1. The second-order valence-corrected chi connectivity index (χ2v) is 5.63. The van der Waals surface area contributed by atoms with Crippen molar-refractivity contribution in [2.45, 2.75) is 25.8 Å². The van der Waals surface area contributed by atoms with Gasteiger partial charge in [-0.1, -0.05) is 36.2 Å². The molecule has 4 heteroatoms. The first-order valence-corrected chi connectivity index (χ1v) is 7.35. The van der Waals surface area contributed by atoms with Crippen molar-refractivity contribution in [1.29, 1.82) is 0 Å². The Hall–Kier alpha value is -0.280. The molecule has 0 spiro atoms. The van der Waals surface area contributed by atoms with Gasteiger partial charge in [0.2, 0.25) is 0 Å². The molecular formula is C14H20Cl2N2. The predicted octanol–water partition coefficient (Wildman–Crippen LogP) is 3.22. The Morgan fingerprint density at radius 2 is 2.00 bits per heavy atom. The fourth-order valence-corrected chi connectivity index (χ4v) is 3.01. The molecule has 0 radical (unpaired) electrons. The van der Waals surface area contributed by atoms with E-state index in [1.165, 1.54) is 5.56 Å². The monoisotopic (exact) mass is 286 g/mol. The van der Waals surface area contributed by atoms with E-state index in [0.717, 1.165) is 44.0 Å². The highest BCUT2D eigenvalue weighted by atomic mass is 35.5. The molecule has 0 bridgehead atoms. The van der Waals surface area contributed by atoms with Gasteiger partial charge in [-0.3, -0.25) is 4.90 Å². The van der Waals surface area contributed by atoms with E-state index in [2.05, 4.69) is 23.2 Å². The molecule has 2 rings (SSSR count). The SMILES string of the molecule is CCC(Cc1ccc(Cl)cc1Cl)N1CCNCC1. The number of halogens is 2. The molecule has 1 unspecified atom stereocenters. The van der Waals surface area contributed by atoms with Crippen LogP contribution in [0.1, 0.15) is 18.9 Å². The van der Waals surface area contributed by atoms with Crippen LogP contribution in [0.5, 0.6) is 0 Å². The molecule has 1 aromatic carbocycles. The molecule has 1 aliphatic heterocycles. The number of nitrogens with zero attached hydrogens (tertiary/aromatic N) is 1. The zero-order valence-electron chi connectivity index (χ0n) is 10.8. The number of hydrogen-bond donors (Lipinski definition) is 1. The van der Waals surface area contributed by atoms with Gasteiger partial charge in [0.25, 0.3) is 0 Å². The zero-order valence-corrected chi connectivity index (χ0v) is 12.3. The van der Waals surface area contributed by atoms with Crippen molar-refractivity contribution < 1.29 is 0 Å². The van der Waals surface area contributed by atoms with Crippen molar-refractivity contribution in [3.8, 4) is 0 Å². The molecule has 0 amide bonds. The molecule has 1 heterocycles. The maximum Gasteiger partial charge on any atom is 0.0453 e. The van der Waals surface area contributed by atoms with Crippen molar-refractivity contribution in [2.75, 3.05) is 26.2 Å². The Balaban J connectivity index is 2.04. The average molecular weight is 287 g/mol. The Morgan fingerprint density at radius 1 is 1.28 bits per heavy atom. The van der Waals surface area contributed by atoms with Gasteiger partial charge < -0.3 is 5.32 Å². The van der Waals surface area contributed by atoms with Gasteiger partial charge in [-0.15, -0.1) is 0 Å². The summed E-state index contributed by atoms with van der Waals surface area (Å²) in [6.45, 7) is 6.68. The molecule has 100 valence electrons. The molecule has 0 aliphatic carbocycles. The summed E-state index contributed by atoms with van der Waals surface area (Å²) in [6, 6.07) is 6.39. The molecule has 0 saturated carbocycles. The van der Waals surface area contributed by atoms with Crippen LogP contribution in [0.25, 0.3) is 0 Å². The largest absolute Gasteiger partial charge is 0.314 e. The highest BCUT2D eigenvalue weighted by Gasteiger charge is 2.19. The highest BCUT2D eigenvalue weighted by Crippen LogP contribution is 2.24. The summed E-state index contributed by atoms with van der Waals surface area (Å²) in [6.07, 6.45) is 2.16. The summed E-state index contributed by atoms with van der Waals surface area (Å²) >= 11 is 12.2. The van der Waals surface area contributed by atoms with Crippen LogP contribution in [0, 0.1) is 0 Å². The lowest BCUT2D eigenvalue weighted by molar-refractivity contribution is 0.167. The van der Waals surface area contributed by atoms with Gasteiger partial charge in [0, 0.05) is 42.3 Å². The second-order valence-electron chi connectivity index (χ2n) is 4.79. The molecule has 1 saturated heterocycles. The minimum atomic E-state index is 0.575. The molecule has 1 aromatic rings. The first-order valence-electron chi connectivity index (χ1n) is 6.59. The van der Waals surface area contributed by atoms with E-state index in [1.54, 1.807) is 0 Å². The lowest BCUT2D eigenvalue weighted by Crippen LogP contribution is -2.48. The first-order chi connectivity index (χ1) is 8.70. The van der Waals surface area contributed by atoms with Gasteiger partial charge in [0.1, 0.15) is 0 Å². The van der Waals surface area contributed by atoms with E-state index >= 15 is 0 Å². The van der Waals surface area contributed by atoms with Gasteiger partial charge in [0.05, 0.1) is 0 Å². The lowest BCUT2D eigenvalue weighted by atomic mass is 10.0. The van der Waals surface area contributed by atoms with Crippen LogP contribution in [0.3, 0.4) is 0 Å². The summed E-state index contributed by atoms with van der Waals surface area (Å²) in [5.74, 6) is 0. The highest BCUT2D eigenvalue weighted by molar-refractivity contribution is 6.35. The minimum absolute atomic E-state index is 0.575. The average Bonchev–Trinajstić information content (AvgIpc) is 2.39. The van der Waals surface area contributed by atoms with Crippen LogP contribution in [0.2, 0.25) is 10.0 Å². The summed E-state index contributed by atoms with van der Waals surface area (Å²) in [7, 11) is 0. The third kappa shape index (κ3) is 3.61. The third-order valence-electron chi connectivity index (χ3n) is 3.61. The number of hydrogen-bond acceptors (Lipinski definition) is 2. The quantitative estimate of drug-likeness (QED) is 0.914.